The van der Waals surface area contributed by atoms with Crippen LogP contribution in [0.1, 0.15) is 116 Å². The van der Waals surface area contributed by atoms with E-state index < -0.39 is 23.8 Å². The predicted octanol–water partition coefficient (Wildman–Crippen LogP) is 6.88. The molecule has 0 aliphatic carbocycles. The minimum atomic E-state index is -1.03. The molecule has 3 amide bonds. The summed E-state index contributed by atoms with van der Waals surface area (Å²) in [6, 6.07) is 3.37. The number of rotatable bonds is 19. The molecule has 1 aromatic carbocycles. The number of aryl methyl sites for hydroxylation is 1. The Labute approximate surface area is 252 Å². The van der Waals surface area contributed by atoms with E-state index in [1.807, 2.05) is 6.26 Å². The number of carbonyl (C=O) groups is 3. The SMILES string of the molecule is CCCCCCCCN(C(=O)C(CCSC)NC(=O)OC(C)(C)C)C(C(=O)NCCCCC)c1cccc(C)c1O. The molecule has 2 atom stereocenters. The number of hydrogen-bond acceptors (Lipinski definition) is 6. The summed E-state index contributed by atoms with van der Waals surface area (Å²) in [5.41, 5.74) is 0.297. The Morgan fingerprint density at radius 2 is 1.63 bits per heavy atom. The highest BCUT2D eigenvalue weighted by Crippen LogP contribution is 2.33. The third-order valence-electron chi connectivity index (χ3n) is 6.84. The first kappa shape index (κ1) is 36.6. The van der Waals surface area contributed by atoms with Gasteiger partial charge in [0.1, 0.15) is 23.4 Å². The van der Waals surface area contributed by atoms with Gasteiger partial charge in [0.15, 0.2) is 0 Å². The van der Waals surface area contributed by atoms with Gasteiger partial charge in [-0.15, -0.1) is 0 Å². The maximum atomic E-state index is 14.3. The Bertz CT molecular complexity index is 934. The van der Waals surface area contributed by atoms with E-state index in [1.54, 1.807) is 62.6 Å². The smallest absolute Gasteiger partial charge is 0.408 e. The second-order valence-corrected chi connectivity index (χ2v) is 12.7. The molecule has 1 aromatic rings. The number of benzene rings is 1. The average Bonchev–Trinajstić information content (AvgIpc) is 2.91. The van der Waals surface area contributed by atoms with Crippen molar-refractivity contribution < 1.29 is 24.2 Å². The van der Waals surface area contributed by atoms with Gasteiger partial charge >= 0.3 is 6.09 Å². The molecule has 0 aliphatic heterocycles. The molecule has 41 heavy (non-hydrogen) atoms. The number of alkyl carbamates (subject to hydrolysis) is 1. The fraction of sp³-hybridized carbons (Fsp3) is 0.719. The van der Waals surface area contributed by atoms with Gasteiger partial charge in [-0.3, -0.25) is 9.59 Å². The summed E-state index contributed by atoms with van der Waals surface area (Å²) in [6.07, 6.45) is 10.6. The van der Waals surface area contributed by atoms with Gasteiger partial charge in [0.05, 0.1) is 0 Å². The standard InChI is InChI=1S/C32H55N3O5S/c1-8-10-12-13-14-16-22-35(30(38)26(20-23-41-7)34-31(39)40-32(4,5)6)27(29(37)33-21-15-11-9-2)25-19-17-18-24(3)28(25)36/h17-19,26-27,36H,8-16,20-23H2,1-7H3,(H,33,37)(H,34,39). The first-order valence-corrected chi connectivity index (χ1v) is 16.7. The molecule has 0 aliphatic rings. The van der Waals surface area contributed by atoms with Crippen LogP contribution < -0.4 is 10.6 Å². The van der Waals surface area contributed by atoms with Crippen molar-refractivity contribution in [2.24, 2.45) is 0 Å². The number of unbranched alkanes of at least 4 members (excludes halogenated alkanes) is 7. The predicted molar refractivity (Wildman–Crippen MR) is 169 cm³/mol. The van der Waals surface area contributed by atoms with Crippen LogP contribution in [0.5, 0.6) is 5.75 Å². The Balaban J connectivity index is 3.46. The molecular weight excluding hydrogens is 538 g/mol. The number of ether oxygens (including phenoxy) is 1. The van der Waals surface area contributed by atoms with Gasteiger partial charge in [-0.2, -0.15) is 11.8 Å². The van der Waals surface area contributed by atoms with E-state index in [1.165, 1.54) is 6.42 Å². The van der Waals surface area contributed by atoms with Crippen molar-refractivity contribution in [2.75, 3.05) is 25.1 Å². The highest BCUT2D eigenvalue weighted by molar-refractivity contribution is 7.98. The number of amides is 3. The first-order chi connectivity index (χ1) is 19.5. The number of carbonyl (C=O) groups excluding carboxylic acids is 3. The number of hydrogen-bond donors (Lipinski definition) is 3. The molecule has 0 saturated carbocycles. The lowest BCUT2D eigenvalue weighted by Crippen LogP contribution is -2.53. The molecule has 0 heterocycles. The summed E-state index contributed by atoms with van der Waals surface area (Å²) in [7, 11) is 0. The minimum absolute atomic E-state index is 0.00252. The molecule has 9 heteroatoms. The first-order valence-electron chi connectivity index (χ1n) is 15.3. The van der Waals surface area contributed by atoms with Crippen molar-refractivity contribution in [2.45, 2.75) is 123 Å². The summed E-state index contributed by atoms with van der Waals surface area (Å²) in [6.45, 7) is 12.2. The van der Waals surface area contributed by atoms with E-state index in [0.717, 1.165) is 44.9 Å². The maximum Gasteiger partial charge on any atom is 0.408 e. The third kappa shape index (κ3) is 13.9. The van der Waals surface area contributed by atoms with Crippen LogP contribution in [0.4, 0.5) is 4.79 Å². The molecule has 0 saturated heterocycles. The summed E-state index contributed by atoms with van der Waals surface area (Å²) >= 11 is 1.58. The van der Waals surface area contributed by atoms with E-state index >= 15 is 0 Å². The number of phenols is 1. The Kier molecular flexibility index (Phi) is 17.5. The van der Waals surface area contributed by atoms with Crippen LogP contribution in [0.3, 0.4) is 0 Å². The van der Waals surface area contributed by atoms with Gasteiger partial charge in [0.25, 0.3) is 0 Å². The van der Waals surface area contributed by atoms with Gasteiger partial charge < -0.3 is 25.4 Å². The topological polar surface area (TPSA) is 108 Å². The van der Waals surface area contributed by atoms with E-state index in [-0.39, 0.29) is 17.6 Å². The highest BCUT2D eigenvalue weighted by Gasteiger charge is 2.37. The lowest BCUT2D eigenvalue weighted by molar-refractivity contribution is -0.142. The summed E-state index contributed by atoms with van der Waals surface area (Å²) in [5, 5.41) is 16.9. The number of nitrogens with zero attached hydrogens (tertiary/aromatic N) is 1. The molecular formula is C32H55N3O5S. The van der Waals surface area contributed by atoms with Crippen LogP contribution in [0.15, 0.2) is 18.2 Å². The molecule has 8 nitrogen and oxygen atoms in total. The Hall–Kier alpha value is -2.42. The van der Waals surface area contributed by atoms with Crippen molar-refractivity contribution in [3.63, 3.8) is 0 Å². The number of aromatic hydroxyl groups is 1. The minimum Gasteiger partial charge on any atom is -0.507 e. The maximum absolute atomic E-state index is 14.3. The van der Waals surface area contributed by atoms with Crippen LogP contribution in [-0.2, 0) is 14.3 Å². The monoisotopic (exact) mass is 593 g/mol. The fourth-order valence-corrected chi connectivity index (χ4v) is 5.08. The van der Waals surface area contributed by atoms with Crippen LogP contribution in [-0.4, -0.2) is 64.7 Å². The van der Waals surface area contributed by atoms with Gasteiger partial charge in [-0.1, -0.05) is 77.0 Å². The number of para-hydroxylation sites is 1. The molecule has 0 spiro atoms. The summed E-state index contributed by atoms with van der Waals surface area (Å²) < 4.78 is 5.47. The number of phenolic OH excluding ortho intramolecular Hbond substituents is 1. The van der Waals surface area contributed by atoms with Crippen LogP contribution >= 0.6 is 11.8 Å². The van der Waals surface area contributed by atoms with E-state index in [9.17, 15) is 19.5 Å². The second-order valence-electron chi connectivity index (χ2n) is 11.7. The average molecular weight is 594 g/mol. The van der Waals surface area contributed by atoms with Gasteiger partial charge in [0.2, 0.25) is 11.8 Å². The zero-order valence-electron chi connectivity index (χ0n) is 26.5. The van der Waals surface area contributed by atoms with Gasteiger partial charge in [-0.05, 0) is 64.5 Å². The van der Waals surface area contributed by atoms with Crippen LogP contribution in [0, 0.1) is 6.92 Å². The van der Waals surface area contributed by atoms with E-state index in [4.69, 9.17) is 4.74 Å². The second kappa shape index (κ2) is 19.7. The summed E-state index contributed by atoms with van der Waals surface area (Å²) in [4.78, 5) is 42.4. The number of thioether (sulfide) groups is 1. The van der Waals surface area contributed by atoms with Gasteiger partial charge in [0, 0.05) is 18.7 Å². The lowest BCUT2D eigenvalue weighted by atomic mass is 9.98. The lowest BCUT2D eigenvalue weighted by Gasteiger charge is -2.35. The largest absolute Gasteiger partial charge is 0.507 e. The number of nitrogens with one attached hydrogen (secondary N) is 2. The van der Waals surface area contributed by atoms with Crippen molar-refractivity contribution in [3.8, 4) is 5.75 Å². The van der Waals surface area contributed by atoms with Crippen LogP contribution in [0.25, 0.3) is 0 Å². The quantitative estimate of drug-likeness (QED) is 0.151. The molecule has 1 rings (SSSR count). The van der Waals surface area contributed by atoms with Crippen molar-refractivity contribution in [1.29, 1.82) is 0 Å². The zero-order valence-corrected chi connectivity index (χ0v) is 27.3. The fourth-order valence-electron chi connectivity index (χ4n) is 4.61. The molecule has 0 aromatic heterocycles. The zero-order chi connectivity index (χ0) is 30.8. The van der Waals surface area contributed by atoms with E-state index in [2.05, 4.69) is 24.5 Å². The van der Waals surface area contributed by atoms with Gasteiger partial charge in [-0.25, -0.2) is 4.79 Å². The molecule has 0 bridgehead atoms. The van der Waals surface area contributed by atoms with Crippen molar-refractivity contribution in [1.82, 2.24) is 15.5 Å². The van der Waals surface area contributed by atoms with Crippen LogP contribution in [0.2, 0.25) is 0 Å². The molecule has 2 unspecified atom stereocenters. The molecule has 3 N–H and O–H groups in total. The van der Waals surface area contributed by atoms with E-state index in [0.29, 0.717) is 42.8 Å². The molecule has 0 fully saturated rings. The Morgan fingerprint density at radius 1 is 1.00 bits per heavy atom. The molecule has 234 valence electrons. The third-order valence-corrected chi connectivity index (χ3v) is 7.48. The van der Waals surface area contributed by atoms with Crippen molar-refractivity contribution >= 4 is 29.7 Å². The summed E-state index contributed by atoms with van der Waals surface area (Å²) in [5.74, 6) is -0.0429. The van der Waals surface area contributed by atoms with Crippen molar-refractivity contribution in [3.05, 3.63) is 29.3 Å². The molecule has 0 radical (unpaired) electrons. The normalized spacial score (nSPS) is 12.9. The highest BCUT2D eigenvalue weighted by atomic mass is 32.2. The Morgan fingerprint density at radius 3 is 2.27 bits per heavy atom.